The minimum absolute atomic E-state index is 0.108. The molecule has 5 heteroatoms. The fraction of sp³-hybridized carbons (Fsp3) is 0.136. The van der Waals surface area contributed by atoms with Crippen LogP contribution in [0.5, 0.6) is 0 Å². The second-order valence-electron chi connectivity index (χ2n) is 6.36. The van der Waals surface area contributed by atoms with Gasteiger partial charge >= 0.3 is 0 Å². The lowest BCUT2D eigenvalue weighted by atomic mass is 10.0. The number of aromatic amines is 1. The van der Waals surface area contributed by atoms with E-state index in [0.29, 0.717) is 12.1 Å². The number of para-hydroxylation sites is 1. The van der Waals surface area contributed by atoms with Gasteiger partial charge in [-0.15, -0.1) is 0 Å². The molecule has 0 fully saturated rings. The summed E-state index contributed by atoms with van der Waals surface area (Å²) in [5.74, 6) is -0.108. The molecule has 1 amide bonds. The fourth-order valence-electron chi connectivity index (χ4n) is 3.16. The van der Waals surface area contributed by atoms with Crippen molar-refractivity contribution in [2.24, 2.45) is 0 Å². The van der Waals surface area contributed by atoms with Gasteiger partial charge in [-0.2, -0.15) is 0 Å². The average molecular weight is 356 g/mol. The summed E-state index contributed by atoms with van der Waals surface area (Å²) in [4.78, 5) is 24.4. The van der Waals surface area contributed by atoms with Crippen LogP contribution in [0.15, 0.2) is 67.3 Å². The number of aryl methyl sites for hydroxylation is 1. The van der Waals surface area contributed by atoms with Crippen molar-refractivity contribution in [3.8, 4) is 11.1 Å². The second kappa shape index (κ2) is 7.41. The molecule has 5 nitrogen and oxygen atoms in total. The molecule has 0 unspecified atom stereocenters. The van der Waals surface area contributed by atoms with E-state index in [4.69, 9.17) is 0 Å². The Labute approximate surface area is 157 Å². The van der Waals surface area contributed by atoms with Gasteiger partial charge in [0.15, 0.2) is 0 Å². The van der Waals surface area contributed by atoms with E-state index in [1.165, 1.54) is 0 Å². The number of pyridine rings is 2. The van der Waals surface area contributed by atoms with Gasteiger partial charge in [0, 0.05) is 48.0 Å². The molecule has 1 aromatic carbocycles. The number of carbonyl (C=O) groups is 1. The zero-order valence-corrected chi connectivity index (χ0v) is 15.1. The predicted molar refractivity (Wildman–Crippen MR) is 106 cm³/mol. The zero-order chi connectivity index (χ0) is 18.6. The smallest absolute Gasteiger partial charge is 0.253 e. The Bertz CT molecular complexity index is 1070. The molecule has 0 saturated heterocycles. The van der Waals surface area contributed by atoms with E-state index in [1.54, 1.807) is 12.4 Å². The SMILES string of the molecule is CCc1ccc(CNC(=O)c2cccc3c(-c4ccncc4)c[nH]c23)cn1. The van der Waals surface area contributed by atoms with Crippen molar-refractivity contribution in [2.45, 2.75) is 19.9 Å². The van der Waals surface area contributed by atoms with Crippen molar-refractivity contribution in [1.29, 1.82) is 0 Å². The number of rotatable bonds is 5. The third-order valence-electron chi connectivity index (χ3n) is 4.65. The number of amides is 1. The van der Waals surface area contributed by atoms with Crippen LogP contribution in [0.25, 0.3) is 22.0 Å². The summed E-state index contributed by atoms with van der Waals surface area (Å²) in [6, 6.07) is 13.7. The van der Waals surface area contributed by atoms with Crippen LogP contribution in [0.4, 0.5) is 0 Å². The summed E-state index contributed by atoms with van der Waals surface area (Å²) in [5.41, 5.74) is 5.62. The van der Waals surface area contributed by atoms with E-state index >= 15 is 0 Å². The molecule has 0 atom stereocenters. The molecular weight excluding hydrogens is 336 g/mol. The first kappa shape index (κ1) is 17.0. The highest BCUT2D eigenvalue weighted by molar-refractivity contribution is 6.09. The Morgan fingerprint density at radius 3 is 2.70 bits per heavy atom. The molecule has 4 aromatic rings. The van der Waals surface area contributed by atoms with Gasteiger partial charge in [-0.3, -0.25) is 14.8 Å². The van der Waals surface area contributed by atoms with Crippen molar-refractivity contribution in [1.82, 2.24) is 20.3 Å². The summed E-state index contributed by atoms with van der Waals surface area (Å²) < 4.78 is 0. The molecule has 27 heavy (non-hydrogen) atoms. The van der Waals surface area contributed by atoms with E-state index in [9.17, 15) is 4.79 Å². The van der Waals surface area contributed by atoms with Crippen LogP contribution < -0.4 is 5.32 Å². The lowest BCUT2D eigenvalue weighted by molar-refractivity contribution is 0.0952. The highest BCUT2D eigenvalue weighted by Gasteiger charge is 2.14. The molecule has 0 bridgehead atoms. The third-order valence-corrected chi connectivity index (χ3v) is 4.65. The van der Waals surface area contributed by atoms with Crippen LogP contribution in [0.3, 0.4) is 0 Å². The molecular formula is C22H20N4O. The molecule has 0 radical (unpaired) electrons. The van der Waals surface area contributed by atoms with Gasteiger partial charge in [0.1, 0.15) is 0 Å². The monoisotopic (exact) mass is 356 g/mol. The van der Waals surface area contributed by atoms with E-state index in [1.807, 2.05) is 54.9 Å². The summed E-state index contributed by atoms with van der Waals surface area (Å²) in [6.45, 7) is 2.52. The minimum atomic E-state index is -0.108. The van der Waals surface area contributed by atoms with Crippen LogP contribution >= 0.6 is 0 Å². The van der Waals surface area contributed by atoms with Crippen molar-refractivity contribution < 1.29 is 4.79 Å². The maximum absolute atomic E-state index is 12.7. The summed E-state index contributed by atoms with van der Waals surface area (Å²) >= 11 is 0. The summed E-state index contributed by atoms with van der Waals surface area (Å²) in [7, 11) is 0. The van der Waals surface area contributed by atoms with Crippen molar-refractivity contribution in [3.05, 3.63) is 84.1 Å². The van der Waals surface area contributed by atoms with Gasteiger partial charge in [-0.25, -0.2) is 0 Å². The van der Waals surface area contributed by atoms with E-state index in [-0.39, 0.29) is 5.91 Å². The lowest BCUT2D eigenvalue weighted by Crippen LogP contribution is -2.23. The standard InChI is InChI=1S/C22H20N4O/c1-2-17-7-6-15(12-24-17)13-26-22(27)19-5-3-4-18-20(14-25-21(18)19)16-8-10-23-11-9-16/h3-12,14,25H,2,13H2,1H3,(H,26,27). The van der Waals surface area contributed by atoms with Crippen LogP contribution in [-0.4, -0.2) is 20.9 Å². The molecule has 3 aromatic heterocycles. The van der Waals surface area contributed by atoms with Crippen LogP contribution in [0.2, 0.25) is 0 Å². The molecule has 3 heterocycles. The Balaban J connectivity index is 1.58. The number of aromatic nitrogens is 3. The van der Waals surface area contributed by atoms with Gasteiger partial charge < -0.3 is 10.3 Å². The van der Waals surface area contributed by atoms with Crippen LogP contribution in [0.1, 0.15) is 28.5 Å². The number of hydrogen-bond donors (Lipinski definition) is 2. The highest BCUT2D eigenvalue weighted by atomic mass is 16.1. The molecule has 0 aliphatic heterocycles. The van der Waals surface area contributed by atoms with Crippen LogP contribution in [-0.2, 0) is 13.0 Å². The number of nitrogens with zero attached hydrogens (tertiary/aromatic N) is 2. The summed E-state index contributed by atoms with van der Waals surface area (Å²) in [6.07, 6.45) is 8.19. The first-order chi connectivity index (χ1) is 13.3. The third kappa shape index (κ3) is 3.44. The molecule has 0 spiro atoms. The maximum atomic E-state index is 12.7. The number of hydrogen-bond acceptors (Lipinski definition) is 3. The first-order valence-corrected chi connectivity index (χ1v) is 8.98. The number of fused-ring (bicyclic) bond motifs is 1. The largest absolute Gasteiger partial charge is 0.360 e. The predicted octanol–water partition coefficient (Wildman–Crippen LogP) is 4.12. The molecule has 0 saturated carbocycles. The zero-order valence-electron chi connectivity index (χ0n) is 15.1. The maximum Gasteiger partial charge on any atom is 0.253 e. The number of nitrogens with one attached hydrogen (secondary N) is 2. The van der Waals surface area contributed by atoms with E-state index in [2.05, 4.69) is 27.2 Å². The van der Waals surface area contributed by atoms with Gasteiger partial charge in [0.05, 0.1) is 11.1 Å². The quantitative estimate of drug-likeness (QED) is 0.565. The Kier molecular flexibility index (Phi) is 4.66. The highest BCUT2D eigenvalue weighted by Crippen LogP contribution is 2.29. The molecule has 0 aliphatic rings. The van der Waals surface area contributed by atoms with E-state index < -0.39 is 0 Å². The van der Waals surface area contributed by atoms with E-state index in [0.717, 1.165) is 39.7 Å². The molecule has 0 aliphatic carbocycles. The number of carbonyl (C=O) groups excluding carboxylic acids is 1. The minimum Gasteiger partial charge on any atom is -0.360 e. The van der Waals surface area contributed by atoms with Crippen molar-refractivity contribution in [2.75, 3.05) is 0 Å². The summed E-state index contributed by atoms with van der Waals surface area (Å²) in [5, 5.41) is 4.00. The normalized spacial score (nSPS) is 10.9. The van der Waals surface area contributed by atoms with Crippen molar-refractivity contribution >= 4 is 16.8 Å². The first-order valence-electron chi connectivity index (χ1n) is 8.98. The Hall–Kier alpha value is -3.47. The van der Waals surface area contributed by atoms with Gasteiger partial charge in [-0.1, -0.05) is 25.1 Å². The van der Waals surface area contributed by atoms with Gasteiger partial charge in [-0.05, 0) is 41.8 Å². The van der Waals surface area contributed by atoms with Gasteiger partial charge in [0.25, 0.3) is 5.91 Å². The molecule has 4 rings (SSSR count). The van der Waals surface area contributed by atoms with Crippen LogP contribution in [0, 0.1) is 0 Å². The second-order valence-corrected chi connectivity index (χ2v) is 6.36. The lowest BCUT2D eigenvalue weighted by Gasteiger charge is -2.07. The topological polar surface area (TPSA) is 70.7 Å². The Morgan fingerprint density at radius 1 is 1.11 bits per heavy atom. The van der Waals surface area contributed by atoms with Gasteiger partial charge in [0.2, 0.25) is 0 Å². The fourth-order valence-corrected chi connectivity index (χ4v) is 3.16. The number of H-pyrrole nitrogens is 1. The average Bonchev–Trinajstić information content (AvgIpc) is 3.17. The molecule has 134 valence electrons. The van der Waals surface area contributed by atoms with Crippen molar-refractivity contribution in [3.63, 3.8) is 0 Å². The Morgan fingerprint density at radius 2 is 1.96 bits per heavy atom. The molecule has 2 N–H and O–H groups in total. The number of benzene rings is 1.